The molecule has 22 atom stereocenters. The van der Waals surface area contributed by atoms with Crippen molar-refractivity contribution in [2.45, 2.75) is 215 Å². The third-order valence-corrected chi connectivity index (χ3v) is 22.6. The van der Waals surface area contributed by atoms with Crippen LogP contribution in [0, 0.1) is 113 Å². The molecule has 0 aliphatic heterocycles. The van der Waals surface area contributed by atoms with E-state index in [9.17, 15) is 40.2 Å². The third kappa shape index (κ3) is 9.58. The standard InChI is InChI=1S/2C24H41NO4.C9H12/c2*1-13(4-7-21(25)29)16-5-6-17-22-18(12-20(28)24(16,17)3)23(2)9-8-15(26)10-14(23)11-19(22)27;1-7-5-4-6-8(2)9(7)3/h2*13-20,22,26-28H,4-12H2,1-3H3,(H2,25,29);4-6H,1-3H3/t2*13-,14+,15-,16-,17+,18+,19-,20+,22+,23+,24-;/m11./s1. The Morgan fingerprint density at radius 1 is 0.567 bits per heavy atom. The van der Waals surface area contributed by atoms with E-state index in [1.807, 2.05) is 0 Å². The van der Waals surface area contributed by atoms with E-state index in [2.05, 4.69) is 80.5 Å². The van der Waals surface area contributed by atoms with Crippen LogP contribution in [-0.2, 0) is 9.59 Å². The highest BCUT2D eigenvalue weighted by Gasteiger charge is 2.67. The van der Waals surface area contributed by atoms with E-state index in [0.29, 0.717) is 72.0 Å². The van der Waals surface area contributed by atoms with Gasteiger partial charge in [0.2, 0.25) is 11.8 Å². The van der Waals surface area contributed by atoms with Gasteiger partial charge < -0.3 is 42.1 Å². The summed E-state index contributed by atoms with van der Waals surface area (Å²) in [7, 11) is 0. The summed E-state index contributed by atoms with van der Waals surface area (Å²) in [6, 6.07) is 6.38. The first-order valence-electron chi connectivity index (χ1n) is 27.1. The number of aliphatic hydroxyl groups excluding tert-OH is 6. The lowest BCUT2D eigenvalue weighted by Crippen LogP contribution is -2.62. The number of primary amides is 2. The first kappa shape index (κ1) is 52.7. The van der Waals surface area contributed by atoms with Crippen molar-refractivity contribution in [3.63, 3.8) is 0 Å². The Bertz CT molecular complexity index is 1770. The minimum atomic E-state index is -0.369. The fraction of sp³-hybridized carbons (Fsp3) is 0.860. The van der Waals surface area contributed by atoms with Crippen molar-refractivity contribution in [2.24, 2.45) is 104 Å². The first-order valence-corrected chi connectivity index (χ1v) is 27.1. The Balaban J connectivity index is 0.000000168. The molecular formula is C57H94N2O8. The molecule has 67 heavy (non-hydrogen) atoms. The lowest BCUT2D eigenvalue weighted by atomic mass is 9.43. The van der Waals surface area contributed by atoms with Gasteiger partial charge in [0.05, 0.1) is 36.6 Å². The average molecular weight is 935 g/mol. The highest BCUT2D eigenvalue weighted by Crippen LogP contribution is 2.70. The van der Waals surface area contributed by atoms with Crippen molar-refractivity contribution in [1.82, 2.24) is 0 Å². The summed E-state index contributed by atoms with van der Waals surface area (Å²) in [5, 5.41) is 65.9. The van der Waals surface area contributed by atoms with E-state index in [1.165, 1.54) is 16.7 Å². The van der Waals surface area contributed by atoms with Crippen molar-refractivity contribution >= 4 is 11.8 Å². The van der Waals surface area contributed by atoms with Crippen LogP contribution in [0.2, 0.25) is 0 Å². The maximum absolute atomic E-state index is 11.5. The largest absolute Gasteiger partial charge is 0.393 e. The minimum Gasteiger partial charge on any atom is -0.393 e. The second kappa shape index (κ2) is 20.2. The lowest BCUT2D eigenvalue weighted by molar-refractivity contribution is -0.207. The smallest absolute Gasteiger partial charge is 0.217 e. The normalized spacial score (nSPS) is 47.1. The molecule has 1 aromatic rings. The Morgan fingerprint density at radius 3 is 1.28 bits per heavy atom. The molecule has 0 heterocycles. The maximum atomic E-state index is 11.5. The van der Waals surface area contributed by atoms with Gasteiger partial charge in [0.25, 0.3) is 0 Å². The van der Waals surface area contributed by atoms with E-state index in [-0.39, 0.29) is 81.9 Å². The van der Waals surface area contributed by atoms with Crippen LogP contribution in [0.15, 0.2) is 18.2 Å². The molecule has 9 rings (SSSR count). The van der Waals surface area contributed by atoms with Crippen LogP contribution >= 0.6 is 0 Å². The van der Waals surface area contributed by atoms with Crippen LogP contribution in [0.5, 0.6) is 0 Å². The fourth-order valence-electron chi connectivity index (χ4n) is 18.3. The Labute approximate surface area is 404 Å². The van der Waals surface area contributed by atoms with Crippen LogP contribution in [-0.4, -0.2) is 79.1 Å². The first-order chi connectivity index (χ1) is 31.4. The van der Waals surface area contributed by atoms with Gasteiger partial charge in [-0.15, -0.1) is 0 Å². The number of benzene rings is 1. The summed E-state index contributed by atoms with van der Waals surface area (Å²) in [4.78, 5) is 22.6. The Hall–Kier alpha value is -2.08. The van der Waals surface area contributed by atoms with Gasteiger partial charge in [-0.3, -0.25) is 9.59 Å². The molecule has 8 aliphatic rings. The number of amides is 2. The molecule has 8 fully saturated rings. The second-order valence-electron chi connectivity index (χ2n) is 25.5. The number of aryl methyl sites for hydroxylation is 2. The number of rotatable bonds is 8. The molecule has 0 bridgehead atoms. The quantitative estimate of drug-likeness (QED) is 0.127. The zero-order valence-electron chi connectivity index (χ0n) is 43.0. The van der Waals surface area contributed by atoms with E-state index < -0.39 is 0 Å². The summed E-state index contributed by atoms with van der Waals surface area (Å²) < 4.78 is 0. The molecule has 10 heteroatoms. The van der Waals surface area contributed by atoms with E-state index in [4.69, 9.17) is 11.5 Å². The highest BCUT2D eigenvalue weighted by atomic mass is 16.3. The van der Waals surface area contributed by atoms with Crippen molar-refractivity contribution in [1.29, 1.82) is 0 Å². The Kier molecular flexibility index (Phi) is 15.9. The number of aliphatic hydroxyl groups is 6. The summed E-state index contributed by atoms with van der Waals surface area (Å²) in [6.07, 6.45) is 13.1. The van der Waals surface area contributed by atoms with Gasteiger partial charge in [0, 0.05) is 12.8 Å². The zero-order chi connectivity index (χ0) is 49.1. The zero-order valence-corrected chi connectivity index (χ0v) is 43.0. The van der Waals surface area contributed by atoms with Gasteiger partial charge in [-0.1, -0.05) is 59.7 Å². The summed E-state index contributed by atoms with van der Waals surface area (Å²) >= 11 is 0. The molecule has 8 saturated carbocycles. The SMILES string of the molecule is C[C@H](CCC(N)=O)[C@H]1CC[C@H]2[C@@H]3[C@H](O)C[C@@H]4C[C@H](O)CC[C@]4(C)[C@H]3C[C@H](O)[C@]12C.C[C@H](CCC(N)=O)[C@H]1CC[C@H]2[C@@H]3[C@H](O)C[C@@H]4C[C@H](O)CC[C@]4(C)[C@H]3C[C@H](O)[C@]12C.Cc1cccc(C)c1C. The number of hydrogen-bond donors (Lipinski definition) is 8. The maximum Gasteiger partial charge on any atom is 0.217 e. The Morgan fingerprint density at radius 2 is 0.940 bits per heavy atom. The van der Waals surface area contributed by atoms with Gasteiger partial charge >= 0.3 is 0 Å². The number of hydrogen-bond acceptors (Lipinski definition) is 8. The van der Waals surface area contributed by atoms with Gasteiger partial charge in [-0.05, 0) is 233 Å². The second-order valence-corrected chi connectivity index (χ2v) is 25.5. The molecule has 0 radical (unpaired) electrons. The van der Waals surface area contributed by atoms with Crippen LogP contribution in [0.3, 0.4) is 0 Å². The fourth-order valence-corrected chi connectivity index (χ4v) is 18.3. The van der Waals surface area contributed by atoms with Crippen LogP contribution < -0.4 is 11.5 Å². The molecule has 10 nitrogen and oxygen atoms in total. The molecule has 0 saturated heterocycles. The highest BCUT2D eigenvalue weighted by molar-refractivity contribution is 5.74. The van der Waals surface area contributed by atoms with Crippen LogP contribution in [0.25, 0.3) is 0 Å². The average Bonchev–Trinajstić information content (AvgIpc) is 3.82. The van der Waals surface area contributed by atoms with Gasteiger partial charge in [0.1, 0.15) is 0 Å². The van der Waals surface area contributed by atoms with Gasteiger partial charge in [-0.2, -0.15) is 0 Å². The lowest BCUT2D eigenvalue weighted by Gasteiger charge is -2.63. The number of fused-ring (bicyclic) bond motifs is 10. The molecule has 10 N–H and O–H groups in total. The molecule has 0 spiro atoms. The summed E-state index contributed by atoms with van der Waals surface area (Å²) in [6.45, 7) is 20.1. The minimum absolute atomic E-state index is 0.112. The van der Waals surface area contributed by atoms with Crippen molar-refractivity contribution in [2.75, 3.05) is 0 Å². The van der Waals surface area contributed by atoms with Crippen molar-refractivity contribution < 1.29 is 40.2 Å². The van der Waals surface area contributed by atoms with Crippen LogP contribution in [0.4, 0.5) is 0 Å². The van der Waals surface area contributed by atoms with E-state index in [1.54, 1.807) is 0 Å². The van der Waals surface area contributed by atoms with Crippen LogP contribution in [0.1, 0.15) is 174 Å². The molecule has 380 valence electrons. The molecule has 0 aromatic heterocycles. The topological polar surface area (TPSA) is 208 Å². The summed E-state index contributed by atoms with van der Waals surface area (Å²) in [5.74, 6) is 3.45. The predicted octanol–water partition coefficient (Wildman–Crippen LogP) is 8.31. The number of carbonyl (C=O) groups is 2. The molecule has 0 unspecified atom stereocenters. The van der Waals surface area contributed by atoms with Crippen molar-refractivity contribution in [3.8, 4) is 0 Å². The van der Waals surface area contributed by atoms with Gasteiger partial charge in [-0.25, -0.2) is 0 Å². The van der Waals surface area contributed by atoms with Gasteiger partial charge in [0.15, 0.2) is 0 Å². The predicted molar refractivity (Wildman–Crippen MR) is 264 cm³/mol. The molecule has 2 amide bonds. The molecular weight excluding hydrogens is 841 g/mol. The number of nitrogens with two attached hydrogens (primary N) is 2. The monoisotopic (exact) mass is 935 g/mol. The summed E-state index contributed by atoms with van der Waals surface area (Å²) in [5.41, 5.74) is 14.8. The van der Waals surface area contributed by atoms with E-state index >= 15 is 0 Å². The number of carbonyl (C=O) groups excluding carboxylic acids is 2. The van der Waals surface area contributed by atoms with E-state index in [0.717, 1.165) is 103 Å². The molecule has 1 aromatic carbocycles. The third-order valence-electron chi connectivity index (χ3n) is 22.6. The molecule has 8 aliphatic carbocycles. The van der Waals surface area contributed by atoms with Crippen molar-refractivity contribution in [3.05, 3.63) is 34.9 Å².